The molecule has 1 heterocycles. The van der Waals surface area contributed by atoms with E-state index in [1.165, 1.54) is 21.4 Å². The largest absolute Gasteiger partial charge is 0.399 e. The van der Waals surface area contributed by atoms with E-state index in [0.717, 1.165) is 11.2 Å². The number of anilines is 1. The molecule has 0 bridgehead atoms. The second-order valence-corrected chi connectivity index (χ2v) is 4.96. The van der Waals surface area contributed by atoms with E-state index in [-0.39, 0.29) is 0 Å². The second-order valence-electron chi connectivity index (χ2n) is 4.08. The molecule has 3 rings (SSSR count). The lowest BCUT2D eigenvalue weighted by atomic mass is 9.99. The SMILES string of the molecule is Cc1ccc2scnc2c1-c1ccc(N)cc1. The van der Waals surface area contributed by atoms with Gasteiger partial charge in [0.15, 0.2) is 0 Å². The Morgan fingerprint density at radius 1 is 1.06 bits per heavy atom. The molecule has 0 aliphatic carbocycles. The molecular formula is C14H12N2S. The summed E-state index contributed by atoms with van der Waals surface area (Å²) in [4.78, 5) is 4.47. The van der Waals surface area contributed by atoms with Crippen molar-refractivity contribution in [3.63, 3.8) is 0 Å². The Kier molecular flexibility index (Phi) is 2.34. The van der Waals surface area contributed by atoms with Gasteiger partial charge in [-0.25, -0.2) is 4.98 Å². The number of nitrogen functional groups attached to an aromatic ring is 1. The molecule has 0 aliphatic heterocycles. The van der Waals surface area contributed by atoms with E-state index in [0.29, 0.717) is 0 Å². The monoisotopic (exact) mass is 240 g/mol. The number of thiazole rings is 1. The second kappa shape index (κ2) is 3.86. The minimum absolute atomic E-state index is 0.789. The van der Waals surface area contributed by atoms with Gasteiger partial charge in [-0.3, -0.25) is 0 Å². The van der Waals surface area contributed by atoms with E-state index in [2.05, 4.69) is 36.2 Å². The number of aryl methyl sites for hydroxylation is 1. The summed E-state index contributed by atoms with van der Waals surface area (Å²) in [5.74, 6) is 0. The standard InChI is InChI=1S/C14H12N2S/c1-9-2-7-12-14(16-8-17-12)13(9)10-3-5-11(15)6-4-10/h2-8H,15H2,1H3. The summed E-state index contributed by atoms with van der Waals surface area (Å²) >= 11 is 1.67. The van der Waals surface area contributed by atoms with Crippen LogP contribution in [-0.4, -0.2) is 4.98 Å². The van der Waals surface area contributed by atoms with Gasteiger partial charge >= 0.3 is 0 Å². The Balaban J connectivity index is 2.31. The van der Waals surface area contributed by atoms with Crippen molar-refractivity contribution < 1.29 is 0 Å². The normalized spacial score (nSPS) is 10.9. The predicted octanol–water partition coefficient (Wildman–Crippen LogP) is 3.85. The van der Waals surface area contributed by atoms with E-state index in [9.17, 15) is 0 Å². The zero-order valence-corrected chi connectivity index (χ0v) is 10.3. The van der Waals surface area contributed by atoms with Crippen molar-refractivity contribution in [2.75, 3.05) is 5.73 Å². The summed E-state index contributed by atoms with van der Waals surface area (Å²) in [5, 5.41) is 0. The highest BCUT2D eigenvalue weighted by atomic mass is 32.1. The van der Waals surface area contributed by atoms with E-state index in [1.54, 1.807) is 11.3 Å². The Bertz CT molecular complexity index is 668. The van der Waals surface area contributed by atoms with Crippen LogP contribution in [0.15, 0.2) is 41.9 Å². The number of rotatable bonds is 1. The van der Waals surface area contributed by atoms with Crippen LogP contribution >= 0.6 is 11.3 Å². The van der Waals surface area contributed by atoms with Gasteiger partial charge in [0.1, 0.15) is 0 Å². The zero-order valence-electron chi connectivity index (χ0n) is 9.47. The average Bonchev–Trinajstić information content (AvgIpc) is 2.79. The third kappa shape index (κ3) is 1.68. The molecule has 0 aliphatic rings. The number of nitrogens with zero attached hydrogens (tertiary/aromatic N) is 1. The molecule has 0 amide bonds. The molecular weight excluding hydrogens is 228 g/mol. The number of nitrogens with two attached hydrogens (primary N) is 1. The molecule has 17 heavy (non-hydrogen) atoms. The highest BCUT2D eigenvalue weighted by Crippen LogP contribution is 2.32. The Hall–Kier alpha value is -1.87. The van der Waals surface area contributed by atoms with Crippen LogP contribution in [0.4, 0.5) is 5.69 Å². The van der Waals surface area contributed by atoms with E-state index in [1.807, 2.05) is 17.6 Å². The molecule has 0 atom stereocenters. The van der Waals surface area contributed by atoms with Crippen molar-refractivity contribution in [1.29, 1.82) is 0 Å². The fourth-order valence-corrected chi connectivity index (χ4v) is 2.73. The molecule has 0 radical (unpaired) electrons. The van der Waals surface area contributed by atoms with Crippen LogP contribution in [0.2, 0.25) is 0 Å². The molecule has 2 nitrogen and oxygen atoms in total. The van der Waals surface area contributed by atoms with Crippen LogP contribution in [0, 0.1) is 6.92 Å². The minimum atomic E-state index is 0.789. The summed E-state index contributed by atoms with van der Waals surface area (Å²) in [6.07, 6.45) is 0. The van der Waals surface area contributed by atoms with Crippen LogP contribution in [0.5, 0.6) is 0 Å². The maximum absolute atomic E-state index is 5.72. The zero-order chi connectivity index (χ0) is 11.8. The molecule has 2 aromatic carbocycles. The fraction of sp³-hybridized carbons (Fsp3) is 0.0714. The Morgan fingerprint density at radius 2 is 1.82 bits per heavy atom. The number of fused-ring (bicyclic) bond motifs is 1. The molecule has 0 saturated heterocycles. The number of hydrogen-bond donors (Lipinski definition) is 1. The van der Waals surface area contributed by atoms with Gasteiger partial charge in [0.05, 0.1) is 15.7 Å². The van der Waals surface area contributed by atoms with Crippen LogP contribution in [0.1, 0.15) is 5.56 Å². The van der Waals surface area contributed by atoms with Gasteiger partial charge in [-0.2, -0.15) is 0 Å². The third-order valence-corrected chi connectivity index (χ3v) is 3.70. The Morgan fingerprint density at radius 3 is 2.59 bits per heavy atom. The van der Waals surface area contributed by atoms with Gasteiger partial charge in [-0.15, -0.1) is 11.3 Å². The molecule has 1 aromatic heterocycles. The molecule has 0 spiro atoms. The summed E-state index contributed by atoms with van der Waals surface area (Å²) in [6.45, 7) is 2.12. The first-order valence-electron chi connectivity index (χ1n) is 5.44. The smallest absolute Gasteiger partial charge is 0.0892 e. The van der Waals surface area contributed by atoms with Crippen LogP contribution in [0.25, 0.3) is 21.3 Å². The lowest BCUT2D eigenvalue weighted by Gasteiger charge is -2.07. The highest BCUT2D eigenvalue weighted by molar-refractivity contribution is 7.16. The quantitative estimate of drug-likeness (QED) is 0.656. The van der Waals surface area contributed by atoms with E-state index in [4.69, 9.17) is 5.73 Å². The third-order valence-electron chi connectivity index (χ3n) is 2.91. The van der Waals surface area contributed by atoms with Gasteiger partial charge in [0, 0.05) is 11.3 Å². The molecule has 2 N–H and O–H groups in total. The first kappa shape index (κ1) is 10.3. The van der Waals surface area contributed by atoms with Crippen molar-refractivity contribution in [3.8, 4) is 11.1 Å². The number of hydrogen-bond acceptors (Lipinski definition) is 3. The maximum Gasteiger partial charge on any atom is 0.0892 e. The van der Waals surface area contributed by atoms with Gasteiger partial charge < -0.3 is 5.73 Å². The number of benzene rings is 2. The van der Waals surface area contributed by atoms with Crippen molar-refractivity contribution in [2.24, 2.45) is 0 Å². The van der Waals surface area contributed by atoms with Crippen molar-refractivity contribution >= 4 is 27.2 Å². The van der Waals surface area contributed by atoms with Gasteiger partial charge in [-0.1, -0.05) is 18.2 Å². The molecule has 0 unspecified atom stereocenters. The summed E-state index contributed by atoms with van der Waals surface area (Å²) < 4.78 is 1.22. The molecule has 0 saturated carbocycles. The number of aromatic nitrogens is 1. The molecule has 3 heteroatoms. The van der Waals surface area contributed by atoms with Crippen molar-refractivity contribution in [3.05, 3.63) is 47.5 Å². The van der Waals surface area contributed by atoms with Gasteiger partial charge in [0.2, 0.25) is 0 Å². The highest BCUT2D eigenvalue weighted by Gasteiger charge is 2.09. The van der Waals surface area contributed by atoms with E-state index >= 15 is 0 Å². The van der Waals surface area contributed by atoms with Crippen LogP contribution in [0.3, 0.4) is 0 Å². The van der Waals surface area contributed by atoms with Crippen LogP contribution in [-0.2, 0) is 0 Å². The van der Waals surface area contributed by atoms with E-state index < -0.39 is 0 Å². The van der Waals surface area contributed by atoms with Gasteiger partial charge in [-0.05, 0) is 36.2 Å². The molecule has 3 aromatic rings. The first-order chi connectivity index (χ1) is 8.25. The van der Waals surface area contributed by atoms with Crippen molar-refractivity contribution in [2.45, 2.75) is 6.92 Å². The predicted molar refractivity (Wildman–Crippen MR) is 74.2 cm³/mol. The van der Waals surface area contributed by atoms with Crippen molar-refractivity contribution in [1.82, 2.24) is 4.98 Å². The minimum Gasteiger partial charge on any atom is -0.399 e. The van der Waals surface area contributed by atoms with Gasteiger partial charge in [0.25, 0.3) is 0 Å². The topological polar surface area (TPSA) is 38.9 Å². The fourth-order valence-electron chi connectivity index (χ4n) is 2.05. The average molecular weight is 240 g/mol. The summed E-state index contributed by atoms with van der Waals surface area (Å²) in [6, 6.07) is 12.2. The molecule has 0 fully saturated rings. The Labute approximate surface area is 104 Å². The lowest BCUT2D eigenvalue weighted by molar-refractivity contribution is 1.44. The first-order valence-corrected chi connectivity index (χ1v) is 6.32. The summed E-state index contributed by atoms with van der Waals surface area (Å²) in [5.41, 5.74) is 13.1. The molecule has 84 valence electrons. The summed E-state index contributed by atoms with van der Waals surface area (Å²) in [7, 11) is 0. The lowest BCUT2D eigenvalue weighted by Crippen LogP contribution is -1.87. The maximum atomic E-state index is 5.72. The van der Waals surface area contributed by atoms with Crippen LogP contribution < -0.4 is 5.73 Å².